The first-order chi connectivity index (χ1) is 9.31. The first kappa shape index (κ1) is 14.0. The Morgan fingerprint density at radius 3 is 2.79 bits per heavy atom. The highest BCUT2D eigenvalue weighted by molar-refractivity contribution is 5.36. The summed E-state index contributed by atoms with van der Waals surface area (Å²) >= 11 is 0. The Balaban J connectivity index is 1.85. The Hall–Kier alpha value is -1.40. The average Bonchev–Trinajstić information content (AvgIpc) is 2.46. The fourth-order valence-corrected chi connectivity index (χ4v) is 2.32. The zero-order valence-electron chi connectivity index (χ0n) is 11.3. The second-order valence-corrected chi connectivity index (χ2v) is 4.77. The quantitative estimate of drug-likeness (QED) is 0.706. The van der Waals surface area contributed by atoms with E-state index in [-0.39, 0.29) is 12.7 Å². The number of nitrogens with one attached hydrogen (secondary N) is 2. The van der Waals surface area contributed by atoms with Gasteiger partial charge in [0, 0.05) is 18.7 Å². The van der Waals surface area contributed by atoms with E-state index in [9.17, 15) is 0 Å². The van der Waals surface area contributed by atoms with Crippen molar-refractivity contribution in [3.05, 3.63) is 12.4 Å². The van der Waals surface area contributed by atoms with Gasteiger partial charge in [-0.25, -0.2) is 9.97 Å². The number of ether oxygens (including phenoxy) is 1. The SMILES string of the molecule is CNC1CCC(Oc2cc(NCCO)ncn2)CC1. The molecule has 0 radical (unpaired) electrons. The summed E-state index contributed by atoms with van der Waals surface area (Å²) in [5.74, 6) is 1.28. The molecular weight excluding hydrogens is 244 g/mol. The highest BCUT2D eigenvalue weighted by Crippen LogP contribution is 2.23. The fraction of sp³-hybridized carbons (Fsp3) is 0.692. The van der Waals surface area contributed by atoms with Crippen LogP contribution in [0.5, 0.6) is 5.88 Å². The van der Waals surface area contributed by atoms with Gasteiger partial charge in [0.25, 0.3) is 0 Å². The molecule has 6 nitrogen and oxygen atoms in total. The third kappa shape index (κ3) is 4.33. The van der Waals surface area contributed by atoms with Crippen LogP contribution < -0.4 is 15.4 Å². The molecule has 1 saturated carbocycles. The fourth-order valence-electron chi connectivity index (χ4n) is 2.32. The summed E-state index contributed by atoms with van der Waals surface area (Å²) in [7, 11) is 2.01. The van der Waals surface area contributed by atoms with E-state index in [1.54, 1.807) is 6.07 Å². The Bertz CT molecular complexity index is 381. The van der Waals surface area contributed by atoms with E-state index in [1.807, 2.05) is 7.05 Å². The largest absolute Gasteiger partial charge is 0.474 e. The number of hydrogen-bond acceptors (Lipinski definition) is 6. The van der Waals surface area contributed by atoms with Gasteiger partial charge >= 0.3 is 0 Å². The molecule has 2 rings (SSSR count). The standard InChI is InChI=1S/C13H22N4O2/c1-14-10-2-4-11(5-3-10)19-13-8-12(15-6-7-18)16-9-17-13/h8-11,14,18H,2-7H2,1H3,(H,15,16,17). The van der Waals surface area contributed by atoms with E-state index >= 15 is 0 Å². The van der Waals surface area contributed by atoms with Crippen molar-refractivity contribution in [2.45, 2.75) is 37.8 Å². The van der Waals surface area contributed by atoms with Gasteiger partial charge in [0.15, 0.2) is 0 Å². The zero-order valence-corrected chi connectivity index (χ0v) is 11.3. The van der Waals surface area contributed by atoms with Crippen LogP contribution in [0.3, 0.4) is 0 Å². The molecule has 1 fully saturated rings. The van der Waals surface area contributed by atoms with Crippen LogP contribution in [0.2, 0.25) is 0 Å². The van der Waals surface area contributed by atoms with Gasteiger partial charge in [0.1, 0.15) is 18.2 Å². The molecule has 3 N–H and O–H groups in total. The molecule has 0 unspecified atom stereocenters. The van der Waals surface area contributed by atoms with Crippen molar-refractivity contribution in [2.75, 3.05) is 25.5 Å². The van der Waals surface area contributed by atoms with Gasteiger partial charge in [-0.1, -0.05) is 0 Å². The molecule has 19 heavy (non-hydrogen) atoms. The summed E-state index contributed by atoms with van der Waals surface area (Å²) in [6.45, 7) is 0.554. The lowest BCUT2D eigenvalue weighted by molar-refractivity contribution is 0.136. The van der Waals surface area contributed by atoms with Crippen molar-refractivity contribution in [2.24, 2.45) is 0 Å². The second-order valence-electron chi connectivity index (χ2n) is 4.77. The Kier molecular flexibility index (Phi) is 5.35. The van der Waals surface area contributed by atoms with E-state index in [2.05, 4.69) is 20.6 Å². The summed E-state index contributed by atoms with van der Waals surface area (Å²) in [6.07, 6.45) is 6.10. The first-order valence-corrected chi connectivity index (χ1v) is 6.82. The number of rotatable bonds is 6. The number of aromatic nitrogens is 2. The maximum Gasteiger partial charge on any atom is 0.218 e. The maximum absolute atomic E-state index is 8.76. The summed E-state index contributed by atoms with van der Waals surface area (Å²) in [4.78, 5) is 8.20. The average molecular weight is 266 g/mol. The number of aliphatic hydroxyl groups is 1. The lowest BCUT2D eigenvalue weighted by Crippen LogP contribution is -2.34. The molecule has 1 aliphatic carbocycles. The number of hydrogen-bond donors (Lipinski definition) is 3. The predicted octanol–water partition coefficient (Wildman–Crippen LogP) is 0.790. The third-order valence-corrected chi connectivity index (χ3v) is 3.43. The topological polar surface area (TPSA) is 79.3 Å². The minimum Gasteiger partial charge on any atom is -0.474 e. The van der Waals surface area contributed by atoms with Crippen molar-refractivity contribution in [1.82, 2.24) is 15.3 Å². The highest BCUT2D eigenvalue weighted by atomic mass is 16.5. The zero-order chi connectivity index (χ0) is 13.5. The van der Waals surface area contributed by atoms with E-state index in [0.29, 0.717) is 24.3 Å². The Morgan fingerprint density at radius 1 is 1.32 bits per heavy atom. The molecule has 0 spiro atoms. The van der Waals surface area contributed by atoms with Gasteiger partial charge in [-0.05, 0) is 32.7 Å². The van der Waals surface area contributed by atoms with Crippen LogP contribution in [0.25, 0.3) is 0 Å². The van der Waals surface area contributed by atoms with Crippen molar-refractivity contribution in [3.8, 4) is 5.88 Å². The van der Waals surface area contributed by atoms with Gasteiger partial charge in [-0.3, -0.25) is 0 Å². The van der Waals surface area contributed by atoms with Crippen molar-refractivity contribution >= 4 is 5.82 Å². The predicted molar refractivity (Wildman–Crippen MR) is 73.3 cm³/mol. The molecule has 0 aromatic carbocycles. The number of anilines is 1. The lowest BCUT2D eigenvalue weighted by Gasteiger charge is -2.28. The van der Waals surface area contributed by atoms with Gasteiger partial charge in [0.2, 0.25) is 5.88 Å². The molecule has 106 valence electrons. The minimum atomic E-state index is 0.0776. The molecule has 6 heteroatoms. The smallest absolute Gasteiger partial charge is 0.218 e. The van der Waals surface area contributed by atoms with E-state index in [1.165, 1.54) is 6.33 Å². The molecule has 0 bridgehead atoms. The Morgan fingerprint density at radius 2 is 2.11 bits per heavy atom. The number of aliphatic hydroxyl groups excluding tert-OH is 1. The van der Waals surface area contributed by atoms with E-state index in [4.69, 9.17) is 9.84 Å². The van der Waals surface area contributed by atoms with Crippen molar-refractivity contribution in [3.63, 3.8) is 0 Å². The van der Waals surface area contributed by atoms with E-state index in [0.717, 1.165) is 25.7 Å². The molecule has 1 aromatic rings. The van der Waals surface area contributed by atoms with Crippen LogP contribution in [0.1, 0.15) is 25.7 Å². The molecule has 1 aromatic heterocycles. The first-order valence-electron chi connectivity index (χ1n) is 6.82. The molecule has 0 amide bonds. The summed E-state index contributed by atoms with van der Waals surface area (Å²) in [5.41, 5.74) is 0. The molecule has 0 aliphatic heterocycles. The van der Waals surface area contributed by atoms with Crippen LogP contribution in [0.15, 0.2) is 12.4 Å². The summed E-state index contributed by atoms with van der Waals surface area (Å²) < 4.78 is 5.89. The van der Waals surface area contributed by atoms with Gasteiger partial charge in [-0.2, -0.15) is 0 Å². The Labute approximate surface area is 113 Å². The maximum atomic E-state index is 8.76. The van der Waals surface area contributed by atoms with Crippen molar-refractivity contribution < 1.29 is 9.84 Å². The molecule has 1 aliphatic rings. The van der Waals surface area contributed by atoms with Crippen molar-refractivity contribution in [1.29, 1.82) is 0 Å². The van der Waals surface area contributed by atoms with Crippen LogP contribution >= 0.6 is 0 Å². The lowest BCUT2D eigenvalue weighted by atomic mass is 9.93. The van der Waals surface area contributed by atoms with E-state index < -0.39 is 0 Å². The van der Waals surface area contributed by atoms with Gasteiger partial charge in [-0.15, -0.1) is 0 Å². The normalized spacial score (nSPS) is 23.1. The summed E-state index contributed by atoms with van der Waals surface area (Å²) in [5, 5.41) is 15.1. The van der Waals surface area contributed by atoms with Crippen LogP contribution in [0, 0.1) is 0 Å². The molecule has 1 heterocycles. The third-order valence-electron chi connectivity index (χ3n) is 3.43. The highest BCUT2D eigenvalue weighted by Gasteiger charge is 2.21. The van der Waals surface area contributed by atoms with Crippen LogP contribution in [-0.2, 0) is 0 Å². The monoisotopic (exact) mass is 266 g/mol. The molecule has 0 saturated heterocycles. The second kappa shape index (κ2) is 7.25. The van der Waals surface area contributed by atoms with Crippen LogP contribution in [-0.4, -0.2) is 47.4 Å². The summed E-state index contributed by atoms with van der Waals surface area (Å²) in [6, 6.07) is 2.40. The van der Waals surface area contributed by atoms with Crippen LogP contribution in [0.4, 0.5) is 5.82 Å². The molecule has 0 atom stereocenters. The van der Waals surface area contributed by atoms with Gasteiger partial charge in [0.05, 0.1) is 6.61 Å². The minimum absolute atomic E-state index is 0.0776. The molecular formula is C13H22N4O2. The number of nitrogens with zero attached hydrogens (tertiary/aromatic N) is 2. The van der Waals surface area contributed by atoms with Gasteiger partial charge < -0.3 is 20.5 Å².